The molecule has 0 saturated heterocycles. The maximum Gasteiger partial charge on any atom is 0.123 e. The molecule has 1 aromatic heterocycles. The van der Waals surface area contributed by atoms with Gasteiger partial charge >= 0.3 is 0 Å². The average Bonchev–Trinajstić information content (AvgIpc) is 2.47. The van der Waals surface area contributed by atoms with E-state index in [4.69, 9.17) is 10.5 Å². The van der Waals surface area contributed by atoms with Gasteiger partial charge in [-0.25, -0.2) is 4.98 Å². The summed E-state index contributed by atoms with van der Waals surface area (Å²) < 4.78 is 5.59. The molecule has 1 unspecified atom stereocenters. The van der Waals surface area contributed by atoms with Crippen LogP contribution >= 0.6 is 0 Å². The molecular formula is C17H23N3O. The lowest BCUT2D eigenvalue weighted by atomic mass is 9.99. The van der Waals surface area contributed by atoms with Crippen molar-refractivity contribution in [2.24, 2.45) is 0 Å². The van der Waals surface area contributed by atoms with Gasteiger partial charge < -0.3 is 15.8 Å². The number of aromatic nitrogens is 1. The minimum absolute atomic E-state index is 0.234. The molecule has 0 amide bonds. The quantitative estimate of drug-likeness (QED) is 0.821. The van der Waals surface area contributed by atoms with Crippen molar-refractivity contribution >= 4 is 5.82 Å². The number of rotatable bonds is 7. The Balaban J connectivity index is 2.19. The van der Waals surface area contributed by atoms with E-state index in [1.165, 1.54) is 11.1 Å². The molecule has 0 saturated carbocycles. The number of ether oxygens (including phenoxy) is 1. The van der Waals surface area contributed by atoms with E-state index in [9.17, 15) is 0 Å². The zero-order valence-electron chi connectivity index (χ0n) is 12.7. The summed E-state index contributed by atoms with van der Waals surface area (Å²) >= 11 is 0. The molecule has 2 rings (SSSR count). The summed E-state index contributed by atoms with van der Waals surface area (Å²) in [5, 5.41) is 3.52. The van der Waals surface area contributed by atoms with E-state index in [2.05, 4.69) is 29.4 Å². The monoisotopic (exact) mass is 285 g/mol. The van der Waals surface area contributed by atoms with Gasteiger partial charge in [0.15, 0.2) is 0 Å². The Hall–Kier alpha value is -2.07. The van der Waals surface area contributed by atoms with Crippen LogP contribution in [0.5, 0.6) is 5.75 Å². The highest BCUT2D eigenvalue weighted by atomic mass is 16.5. The van der Waals surface area contributed by atoms with Crippen LogP contribution < -0.4 is 15.8 Å². The van der Waals surface area contributed by atoms with Crippen molar-refractivity contribution in [2.45, 2.75) is 26.3 Å². The predicted molar refractivity (Wildman–Crippen MR) is 86.4 cm³/mol. The van der Waals surface area contributed by atoms with Crippen LogP contribution in [0.3, 0.4) is 0 Å². The molecule has 0 aliphatic carbocycles. The lowest BCUT2D eigenvalue weighted by molar-refractivity contribution is 0.339. The molecule has 112 valence electrons. The van der Waals surface area contributed by atoms with Crippen molar-refractivity contribution in [1.82, 2.24) is 10.3 Å². The summed E-state index contributed by atoms with van der Waals surface area (Å²) in [4.78, 5) is 4.04. The van der Waals surface area contributed by atoms with Crippen molar-refractivity contribution in [3.8, 4) is 5.75 Å². The van der Waals surface area contributed by atoms with Crippen LogP contribution in [0.15, 0.2) is 42.6 Å². The standard InChI is InChI=1S/C17H23N3O/c1-3-19-16(10-13-8-9-20-17(18)11-13)14-6-5-7-15(12-14)21-4-2/h5-9,11-12,16,19H,3-4,10H2,1-2H3,(H2,18,20). The summed E-state index contributed by atoms with van der Waals surface area (Å²) in [6, 6.07) is 12.4. The Kier molecular flexibility index (Phi) is 5.58. The summed E-state index contributed by atoms with van der Waals surface area (Å²) in [7, 11) is 0. The molecule has 1 heterocycles. The van der Waals surface area contributed by atoms with E-state index >= 15 is 0 Å². The minimum atomic E-state index is 0.234. The van der Waals surface area contributed by atoms with E-state index in [1.54, 1.807) is 6.20 Å². The fourth-order valence-electron chi connectivity index (χ4n) is 2.40. The van der Waals surface area contributed by atoms with Gasteiger partial charge in [-0.3, -0.25) is 0 Å². The molecule has 0 spiro atoms. The fourth-order valence-corrected chi connectivity index (χ4v) is 2.40. The Morgan fingerprint density at radius 3 is 2.81 bits per heavy atom. The molecule has 0 fully saturated rings. The summed E-state index contributed by atoms with van der Waals surface area (Å²) in [5.41, 5.74) is 8.16. The van der Waals surface area contributed by atoms with Gasteiger partial charge in [-0.15, -0.1) is 0 Å². The Bertz CT molecular complexity index is 571. The van der Waals surface area contributed by atoms with E-state index in [0.29, 0.717) is 12.4 Å². The Morgan fingerprint density at radius 1 is 1.24 bits per heavy atom. The molecule has 2 aromatic rings. The fraction of sp³-hybridized carbons (Fsp3) is 0.353. The van der Waals surface area contributed by atoms with E-state index in [0.717, 1.165) is 18.7 Å². The second kappa shape index (κ2) is 7.64. The number of likely N-dealkylation sites (N-methyl/N-ethyl adjacent to an activating group) is 1. The zero-order valence-corrected chi connectivity index (χ0v) is 12.7. The van der Waals surface area contributed by atoms with Gasteiger partial charge in [-0.05, 0) is 55.3 Å². The van der Waals surface area contributed by atoms with Gasteiger partial charge in [0.05, 0.1) is 6.61 Å². The summed E-state index contributed by atoms with van der Waals surface area (Å²) in [5.74, 6) is 1.47. The molecule has 21 heavy (non-hydrogen) atoms. The topological polar surface area (TPSA) is 60.2 Å². The number of nitrogens with zero attached hydrogens (tertiary/aromatic N) is 1. The second-order valence-corrected chi connectivity index (χ2v) is 4.91. The molecule has 0 aliphatic heterocycles. The van der Waals surface area contributed by atoms with Gasteiger partial charge in [0.25, 0.3) is 0 Å². The van der Waals surface area contributed by atoms with Crippen LogP contribution in [0.25, 0.3) is 0 Å². The van der Waals surface area contributed by atoms with Gasteiger partial charge in [0.2, 0.25) is 0 Å². The lowest BCUT2D eigenvalue weighted by Crippen LogP contribution is -2.23. The minimum Gasteiger partial charge on any atom is -0.494 e. The number of benzene rings is 1. The first-order valence-electron chi connectivity index (χ1n) is 7.39. The number of pyridine rings is 1. The normalized spacial score (nSPS) is 12.1. The maximum absolute atomic E-state index is 5.76. The zero-order chi connectivity index (χ0) is 15.1. The number of nitrogens with two attached hydrogens (primary N) is 1. The van der Waals surface area contributed by atoms with Crippen molar-refractivity contribution in [3.05, 3.63) is 53.7 Å². The Morgan fingerprint density at radius 2 is 2.10 bits per heavy atom. The van der Waals surface area contributed by atoms with Crippen molar-refractivity contribution < 1.29 is 4.74 Å². The predicted octanol–water partition coefficient (Wildman–Crippen LogP) is 2.96. The molecule has 1 atom stereocenters. The number of nitrogen functional groups attached to an aromatic ring is 1. The molecule has 4 nitrogen and oxygen atoms in total. The van der Waals surface area contributed by atoms with Gasteiger partial charge in [-0.1, -0.05) is 19.1 Å². The maximum atomic E-state index is 5.76. The third-order valence-electron chi connectivity index (χ3n) is 3.31. The van der Waals surface area contributed by atoms with Gasteiger partial charge in [-0.2, -0.15) is 0 Å². The second-order valence-electron chi connectivity index (χ2n) is 4.91. The Labute approximate surface area is 126 Å². The molecule has 1 aromatic carbocycles. The highest BCUT2D eigenvalue weighted by Crippen LogP contribution is 2.23. The lowest BCUT2D eigenvalue weighted by Gasteiger charge is -2.19. The molecule has 0 bridgehead atoms. The highest BCUT2D eigenvalue weighted by Gasteiger charge is 2.12. The van der Waals surface area contributed by atoms with E-state index in [1.807, 2.05) is 31.2 Å². The van der Waals surface area contributed by atoms with Crippen molar-refractivity contribution in [2.75, 3.05) is 18.9 Å². The first kappa shape index (κ1) is 15.3. The van der Waals surface area contributed by atoms with Crippen LogP contribution in [0.4, 0.5) is 5.82 Å². The highest BCUT2D eigenvalue weighted by molar-refractivity contribution is 5.35. The largest absolute Gasteiger partial charge is 0.494 e. The average molecular weight is 285 g/mol. The van der Waals surface area contributed by atoms with Gasteiger partial charge in [0, 0.05) is 12.2 Å². The first-order valence-corrected chi connectivity index (χ1v) is 7.39. The van der Waals surface area contributed by atoms with Crippen molar-refractivity contribution in [1.29, 1.82) is 0 Å². The van der Waals surface area contributed by atoms with Gasteiger partial charge in [0.1, 0.15) is 11.6 Å². The van der Waals surface area contributed by atoms with Crippen LogP contribution in [0.2, 0.25) is 0 Å². The van der Waals surface area contributed by atoms with E-state index in [-0.39, 0.29) is 6.04 Å². The number of nitrogens with one attached hydrogen (secondary N) is 1. The van der Waals surface area contributed by atoms with Crippen molar-refractivity contribution in [3.63, 3.8) is 0 Å². The molecule has 0 radical (unpaired) electrons. The van der Waals surface area contributed by atoms with Crippen LogP contribution in [-0.2, 0) is 6.42 Å². The SMILES string of the molecule is CCNC(Cc1ccnc(N)c1)c1cccc(OCC)c1. The molecule has 4 heteroatoms. The number of anilines is 1. The number of hydrogen-bond donors (Lipinski definition) is 2. The summed E-state index contributed by atoms with van der Waals surface area (Å²) in [6.45, 7) is 5.69. The first-order chi connectivity index (χ1) is 10.2. The number of hydrogen-bond acceptors (Lipinski definition) is 4. The molecular weight excluding hydrogens is 262 g/mol. The molecule has 3 N–H and O–H groups in total. The van der Waals surface area contributed by atoms with Crippen LogP contribution in [-0.4, -0.2) is 18.1 Å². The van der Waals surface area contributed by atoms with Crippen LogP contribution in [0.1, 0.15) is 31.0 Å². The van der Waals surface area contributed by atoms with Crippen LogP contribution in [0, 0.1) is 0 Å². The van der Waals surface area contributed by atoms with E-state index < -0.39 is 0 Å². The molecule has 0 aliphatic rings. The smallest absolute Gasteiger partial charge is 0.123 e. The summed E-state index contributed by atoms with van der Waals surface area (Å²) in [6.07, 6.45) is 2.63. The third kappa shape index (κ3) is 4.46. The third-order valence-corrected chi connectivity index (χ3v) is 3.31.